The summed E-state index contributed by atoms with van der Waals surface area (Å²) in [5.41, 5.74) is -0.257. The summed E-state index contributed by atoms with van der Waals surface area (Å²) in [5, 5.41) is 17.9. The molecule has 2 rings (SSSR count). The maximum absolute atomic E-state index is 12.2. The van der Waals surface area contributed by atoms with Crippen LogP contribution in [0.2, 0.25) is 0 Å². The molecule has 0 aliphatic carbocycles. The number of nitro benzene ring substituents is 1. The Kier molecular flexibility index (Phi) is 7.21. The van der Waals surface area contributed by atoms with Gasteiger partial charge in [0, 0.05) is 17.9 Å². The van der Waals surface area contributed by atoms with Gasteiger partial charge in [-0.1, -0.05) is 18.2 Å². The van der Waals surface area contributed by atoms with Gasteiger partial charge in [0.05, 0.1) is 17.4 Å². The van der Waals surface area contributed by atoms with Gasteiger partial charge in [0.15, 0.2) is 6.10 Å². The van der Waals surface area contributed by atoms with Gasteiger partial charge in [0.1, 0.15) is 5.69 Å². The van der Waals surface area contributed by atoms with E-state index in [2.05, 4.69) is 10.6 Å². The molecule has 0 aliphatic heterocycles. The summed E-state index contributed by atoms with van der Waals surface area (Å²) in [7, 11) is 0. The smallest absolute Gasteiger partial charge is 0.309 e. The molecular formula is C18H19N3O6S. The average molecular weight is 405 g/mol. The third kappa shape index (κ3) is 5.88. The Balaban J connectivity index is 1.98. The molecule has 1 heterocycles. The van der Waals surface area contributed by atoms with Crippen LogP contribution in [0.3, 0.4) is 0 Å². The quantitative estimate of drug-likeness (QED) is 0.395. The van der Waals surface area contributed by atoms with Crippen molar-refractivity contribution in [2.75, 3.05) is 5.32 Å². The number of thiophene rings is 1. The van der Waals surface area contributed by atoms with Gasteiger partial charge in [-0.15, -0.1) is 11.3 Å². The fourth-order valence-corrected chi connectivity index (χ4v) is 3.17. The Morgan fingerprint density at radius 3 is 2.54 bits per heavy atom. The van der Waals surface area contributed by atoms with E-state index in [0.29, 0.717) is 0 Å². The number of benzene rings is 1. The van der Waals surface area contributed by atoms with Crippen molar-refractivity contribution in [2.45, 2.75) is 32.4 Å². The molecule has 0 saturated carbocycles. The molecule has 0 fully saturated rings. The van der Waals surface area contributed by atoms with Crippen LogP contribution in [0.1, 0.15) is 31.2 Å². The Hall–Kier alpha value is -3.27. The van der Waals surface area contributed by atoms with Gasteiger partial charge in [-0.3, -0.25) is 24.5 Å². The highest BCUT2D eigenvalue weighted by Crippen LogP contribution is 2.24. The predicted molar refractivity (Wildman–Crippen MR) is 103 cm³/mol. The SMILES string of the molecule is CC(=O)NC(CC(=O)OC(C)C(=O)Nc1ccccc1[N+](=O)[O-])c1cccs1. The van der Waals surface area contributed by atoms with Crippen molar-refractivity contribution in [3.8, 4) is 0 Å². The van der Waals surface area contributed by atoms with E-state index < -0.39 is 28.9 Å². The van der Waals surface area contributed by atoms with Crippen LogP contribution in [0, 0.1) is 10.1 Å². The molecule has 0 bridgehead atoms. The number of para-hydroxylation sites is 2. The van der Waals surface area contributed by atoms with E-state index in [1.165, 1.54) is 43.4 Å². The molecule has 0 aliphatic rings. The topological polar surface area (TPSA) is 128 Å². The Morgan fingerprint density at radius 2 is 1.93 bits per heavy atom. The second-order valence-corrected chi connectivity index (χ2v) is 6.85. The van der Waals surface area contributed by atoms with Crippen molar-refractivity contribution >= 4 is 40.5 Å². The average Bonchev–Trinajstić information content (AvgIpc) is 3.15. The van der Waals surface area contributed by atoms with Crippen molar-refractivity contribution in [1.82, 2.24) is 5.32 Å². The summed E-state index contributed by atoms with van der Waals surface area (Å²) in [6.07, 6.45) is -1.32. The molecule has 9 nitrogen and oxygen atoms in total. The standard InChI is InChI=1S/C18H19N3O6S/c1-11(18(24)20-13-6-3-4-7-15(13)21(25)26)27-17(23)10-14(19-12(2)22)16-8-5-9-28-16/h3-9,11,14H,10H2,1-2H3,(H,19,22)(H,20,24). The maximum atomic E-state index is 12.2. The third-order valence-corrected chi connectivity index (χ3v) is 4.66. The van der Waals surface area contributed by atoms with Gasteiger partial charge < -0.3 is 15.4 Å². The lowest BCUT2D eigenvalue weighted by molar-refractivity contribution is -0.383. The summed E-state index contributed by atoms with van der Waals surface area (Å²) in [4.78, 5) is 47.0. The van der Waals surface area contributed by atoms with E-state index in [4.69, 9.17) is 4.74 Å². The second kappa shape index (κ2) is 9.60. The van der Waals surface area contributed by atoms with E-state index in [1.807, 2.05) is 5.38 Å². The van der Waals surface area contributed by atoms with Crippen molar-refractivity contribution in [3.63, 3.8) is 0 Å². The van der Waals surface area contributed by atoms with Crippen LogP contribution in [-0.2, 0) is 19.1 Å². The lowest BCUT2D eigenvalue weighted by Crippen LogP contribution is -2.33. The number of nitrogens with zero attached hydrogens (tertiary/aromatic N) is 1. The van der Waals surface area contributed by atoms with Gasteiger partial charge in [-0.05, 0) is 24.4 Å². The number of anilines is 1. The Morgan fingerprint density at radius 1 is 1.21 bits per heavy atom. The summed E-state index contributed by atoms with van der Waals surface area (Å²) in [6.45, 7) is 2.70. The van der Waals surface area contributed by atoms with E-state index in [9.17, 15) is 24.5 Å². The number of esters is 1. The Bertz CT molecular complexity index is 868. The first kappa shape index (κ1) is 21.0. The number of amides is 2. The fourth-order valence-electron chi connectivity index (χ4n) is 2.40. The van der Waals surface area contributed by atoms with Crippen LogP contribution in [0.15, 0.2) is 41.8 Å². The second-order valence-electron chi connectivity index (χ2n) is 5.87. The summed E-state index contributed by atoms with van der Waals surface area (Å²) >= 11 is 1.38. The van der Waals surface area contributed by atoms with Gasteiger partial charge >= 0.3 is 5.97 Å². The highest BCUT2D eigenvalue weighted by Gasteiger charge is 2.24. The summed E-state index contributed by atoms with van der Waals surface area (Å²) < 4.78 is 5.13. The number of ether oxygens (including phenoxy) is 1. The van der Waals surface area contributed by atoms with Gasteiger partial charge in [-0.2, -0.15) is 0 Å². The minimum Gasteiger partial charge on any atom is -0.452 e. The summed E-state index contributed by atoms with van der Waals surface area (Å²) in [5.74, 6) is -1.68. The molecule has 1 aromatic carbocycles. The molecule has 0 spiro atoms. The van der Waals surface area contributed by atoms with Crippen molar-refractivity contribution in [1.29, 1.82) is 0 Å². The lowest BCUT2D eigenvalue weighted by Gasteiger charge is -2.18. The monoisotopic (exact) mass is 405 g/mol. The first-order chi connectivity index (χ1) is 13.3. The maximum Gasteiger partial charge on any atom is 0.309 e. The van der Waals surface area contributed by atoms with Crippen LogP contribution in [0.5, 0.6) is 0 Å². The van der Waals surface area contributed by atoms with E-state index in [0.717, 1.165) is 4.88 Å². The van der Waals surface area contributed by atoms with E-state index in [-0.39, 0.29) is 23.7 Å². The molecule has 1 aromatic heterocycles. The van der Waals surface area contributed by atoms with Crippen LogP contribution in [0.4, 0.5) is 11.4 Å². The highest BCUT2D eigenvalue weighted by atomic mass is 32.1. The number of rotatable bonds is 8. The molecule has 0 saturated heterocycles. The Labute approximate surface area is 164 Å². The lowest BCUT2D eigenvalue weighted by atomic mass is 10.1. The van der Waals surface area contributed by atoms with Crippen LogP contribution >= 0.6 is 11.3 Å². The molecule has 2 amide bonds. The predicted octanol–water partition coefficient (Wildman–Crippen LogP) is 2.79. The van der Waals surface area contributed by atoms with E-state index >= 15 is 0 Å². The number of nitro groups is 1. The molecule has 10 heteroatoms. The normalized spacial score (nSPS) is 12.5. The molecule has 2 aromatic rings. The van der Waals surface area contributed by atoms with Crippen LogP contribution in [-0.4, -0.2) is 28.8 Å². The molecule has 148 valence electrons. The molecule has 2 N–H and O–H groups in total. The zero-order chi connectivity index (χ0) is 20.7. The molecule has 2 unspecified atom stereocenters. The fraction of sp³-hybridized carbons (Fsp3) is 0.278. The highest BCUT2D eigenvalue weighted by molar-refractivity contribution is 7.10. The number of carbonyl (C=O) groups is 3. The molecular weight excluding hydrogens is 386 g/mol. The number of hydrogen-bond acceptors (Lipinski definition) is 7. The zero-order valence-electron chi connectivity index (χ0n) is 15.2. The molecule has 2 atom stereocenters. The van der Waals surface area contributed by atoms with Crippen LogP contribution in [0.25, 0.3) is 0 Å². The van der Waals surface area contributed by atoms with Crippen molar-refractivity contribution < 1.29 is 24.0 Å². The van der Waals surface area contributed by atoms with Crippen LogP contribution < -0.4 is 10.6 Å². The van der Waals surface area contributed by atoms with Gasteiger partial charge in [0.25, 0.3) is 11.6 Å². The van der Waals surface area contributed by atoms with Crippen molar-refractivity contribution in [3.05, 3.63) is 56.8 Å². The minimum absolute atomic E-state index is 0.00936. The largest absolute Gasteiger partial charge is 0.452 e. The minimum atomic E-state index is -1.17. The number of carbonyl (C=O) groups excluding carboxylic acids is 3. The number of nitrogens with one attached hydrogen (secondary N) is 2. The van der Waals surface area contributed by atoms with Gasteiger partial charge in [-0.25, -0.2) is 0 Å². The first-order valence-corrected chi connectivity index (χ1v) is 9.20. The summed E-state index contributed by atoms with van der Waals surface area (Å²) in [6, 6.07) is 8.67. The first-order valence-electron chi connectivity index (χ1n) is 8.32. The molecule has 28 heavy (non-hydrogen) atoms. The molecule has 0 radical (unpaired) electrons. The zero-order valence-corrected chi connectivity index (χ0v) is 16.0. The van der Waals surface area contributed by atoms with Crippen molar-refractivity contribution in [2.24, 2.45) is 0 Å². The van der Waals surface area contributed by atoms with Gasteiger partial charge in [0.2, 0.25) is 5.91 Å². The third-order valence-electron chi connectivity index (χ3n) is 3.67. The number of hydrogen-bond donors (Lipinski definition) is 2. The van der Waals surface area contributed by atoms with E-state index in [1.54, 1.807) is 18.2 Å².